The average molecular weight is 466 g/mol. The van der Waals surface area contributed by atoms with Crippen molar-refractivity contribution < 1.29 is 24.2 Å². The van der Waals surface area contributed by atoms with E-state index in [0.29, 0.717) is 25.2 Å². The Kier molecular flexibility index (Phi) is 7.47. The minimum absolute atomic E-state index is 0.0676. The number of carbonyl (C=O) groups is 2. The van der Waals surface area contributed by atoms with Gasteiger partial charge in [-0.3, -0.25) is 14.6 Å². The molecule has 34 heavy (non-hydrogen) atoms. The molecule has 8 nitrogen and oxygen atoms in total. The summed E-state index contributed by atoms with van der Waals surface area (Å²) in [6.07, 6.45) is 3.12. The first-order valence-corrected chi connectivity index (χ1v) is 11.7. The molecule has 1 fully saturated rings. The number of morpholine rings is 1. The number of benzene rings is 2. The number of carboxylic acids is 1. The topological polar surface area (TPSA) is 91.7 Å². The average Bonchev–Trinajstić information content (AvgIpc) is 2.86. The molecule has 1 saturated heterocycles. The molecule has 0 aromatic heterocycles. The van der Waals surface area contributed by atoms with Crippen LogP contribution < -0.4 is 9.64 Å². The summed E-state index contributed by atoms with van der Waals surface area (Å²) < 4.78 is 11.4. The number of ether oxygens (including phenoxy) is 2. The van der Waals surface area contributed by atoms with Gasteiger partial charge in [0, 0.05) is 24.2 Å². The first-order valence-electron chi connectivity index (χ1n) is 11.7. The van der Waals surface area contributed by atoms with Crippen LogP contribution in [0.15, 0.2) is 47.6 Å². The van der Waals surface area contributed by atoms with Crippen LogP contribution >= 0.6 is 0 Å². The summed E-state index contributed by atoms with van der Waals surface area (Å²) in [5.74, 6) is -0.265. The Bertz CT molecular complexity index is 1050. The third-order valence-corrected chi connectivity index (χ3v) is 6.38. The van der Waals surface area contributed by atoms with Gasteiger partial charge in [0.15, 0.2) is 0 Å². The highest BCUT2D eigenvalue weighted by Gasteiger charge is 2.31. The molecule has 1 amide bonds. The normalized spacial score (nSPS) is 20.0. The van der Waals surface area contributed by atoms with Crippen molar-refractivity contribution in [1.82, 2.24) is 5.01 Å². The number of fused-ring (bicyclic) bond motifs is 1. The van der Waals surface area contributed by atoms with Crippen molar-refractivity contribution in [2.45, 2.75) is 32.3 Å². The monoisotopic (exact) mass is 465 g/mol. The summed E-state index contributed by atoms with van der Waals surface area (Å²) in [6, 6.07) is 13.0. The number of hydrazone groups is 1. The van der Waals surface area contributed by atoms with Crippen molar-refractivity contribution in [3.8, 4) is 5.75 Å². The lowest BCUT2D eigenvalue weighted by atomic mass is 9.86. The van der Waals surface area contributed by atoms with E-state index in [9.17, 15) is 14.7 Å². The van der Waals surface area contributed by atoms with Gasteiger partial charge in [-0.25, -0.2) is 0 Å². The smallest absolute Gasteiger partial charge is 0.303 e. The van der Waals surface area contributed by atoms with Crippen molar-refractivity contribution in [2.75, 3.05) is 38.3 Å². The molecule has 2 aliphatic rings. The molecule has 8 heteroatoms. The molecular weight excluding hydrogens is 434 g/mol. The van der Waals surface area contributed by atoms with Crippen LogP contribution in [0.2, 0.25) is 0 Å². The summed E-state index contributed by atoms with van der Waals surface area (Å²) in [6.45, 7) is 4.93. The van der Waals surface area contributed by atoms with Crippen LogP contribution in [0.5, 0.6) is 5.75 Å². The lowest BCUT2D eigenvalue weighted by Crippen LogP contribution is -2.34. The second kappa shape index (κ2) is 10.7. The molecule has 0 spiro atoms. The minimum atomic E-state index is -0.822. The van der Waals surface area contributed by atoms with Gasteiger partial charge in [0.05, 0.1) is 38.9 Å². The van der Waals surface area contributed by atoms with E-state index in [1.54, 1.807) is 30.3 Å². The molecule has 2 heterocycles. The Balaban J connectivity index is 1.44. The van der Waals surface area contributed by atoms with Crippen molar-refractivity contribution >= 4 is 23.8 Å². The number of hydrogen-bond donors (Lipinski definition) is 1. The fraction of sp³-hybridized carbons (Fsp3) is 0.423. The summed E-state index contributed by atoms with van der Waals surface area (Å²) >= 11 is 0. The molecule has 2 unspecified atom stereocenters. The van der Waals surface area contributed by atoms with Gasteiger partial charge in [-0.05, 0) is 54.3 Å². The highest BCUT2D eigenvalue weighted by atomic mass is 16.5. The Hall–Kier alpha value is -3.39. The molecule has 2 atom stereocenters. The number of hydrogen-bond acceptors (Lipinski definition) is 6. The minimum Gasteiger partial charge on any atom is -0.490 e. The lowest BCUT2D eigenvalue weighted by molar-refractivity contribution is -0.139. The largest absolute Gasteiger partial charge is 0.490 e. The highest BCUT2D eigenvalue weighted by Crippen LogP contribution is 2.36. The maximum Gasteiger partial charge on any atom is 0.303 e. The van der Waals surface area contributed by atoms with E-state index in [4.69, 9.17) is 9.47 Å². The van der Waals surface area contributed by atoms with Crippen molar-refractivity contribution in [3.05, 3.63) is 59.2 Å². The second-order valence-electron chi connectivity index (χ2n) is 8.72. The molecule has 0 bridgehead atoms. The fourth-order valence-corrected chi connectivity index (χ4v) is 4.41. The Labute approximate surface area is 199 Å². The van der Waals surface area contributed by atoms with E-state index < -0.39 is 5.97 Å². The number of nitrogens with zero attached hydrogens (tertiary/aromatic N) is 3. The SMILES string of the molecule is CCC1Oc2ccc(N(C)C(=O)c3ccc(C=NN4CCOCC4)cc3)cc2CC1CC(=O)O. The van der Waals surface area contributed by atoms with Crippen LogP contribution in [0, 0.1) is 5.92 Å². The highest BCUT2D eigenvalue weighted by molar-refractivity contribution is 6.06. The van der Waals surface area contributed by atoms with Gasteiger partial charge < -0.3 is 19.5 Å². The van der Waals surface area contributed by atoms with E-state index in [0.717, 1.165) is 42.1 Å². The molecule has 4 rings (SSSR count). The van der Waals surface area contributed by atoms with Crippen LogP contribution in [-0.2, 0) is 16.0 Å². The maximum atomic E-state index is 13.1. The van der Waals surface area contributed by atoms with Crippen molar-refractivity contribution in [2.24, 2.45) is 11.0 Å². The van der Waals surface area contributed by atoms with E-state index in [1.807, 2.05) is 42.3 Å². The van der Waals surface area contributed by atoms with Gasteiger partial charge in [-0.1, -0.05) is 19.1 Å². The predicted octanol–water partition coefficient (Wildman–Crippen LogP) is 3.43. The fourth-order valence-electron chi connectivity index (χ4n) is 4.41. The maximum absolute atomic E-state index is 13.1. The van der Waals surface area contributed by atoms with Gasteiger partial charge in [-0.2, -0.15) is 5.10 Å². The van der Waals surface area contributed by atoms with Crippen LogP contribution in [-0.4, -0.2) is 67.7 Å². The van der Waals surface area contributed by atoms with E-state index >= 15 is 0 Å². The summed E-state index contributed by atoms with van der Waals surface area (Å²) in [4.78, 5) is 26.0. The van der Waals surface area contributed by atoms with Gasteiger partial charge in [0.1, 0.15) is 11.9 Å². The number of anilines is 1. The number of amides is 1. The first-order chi connectivity index (χ1) is 16.4. The number of carboxylic acid groups (broad SMARTS) is 1. The van der Waals surface area contributed by atoms with Gasteiger partial charge >= 0.3 is 5.97 Å². The van der Waals surface area contributed by atoms with Crippen LogP contribution in [0.1, 0.15) is 41.3 Å². The third kappa shape index (κ3) is 5.56. The van der Waals surface area contributed by atoms with E-state index in [-0.39, 0.29) is 24.3 Å². The zero-order valence-electron chi connectivity index (χ0n) is 19.6. The molecule has 2 aliphatic heterocycles. The Morgan fingerprint density at radius 1 is 1.18 bits per heavy atom. The molecule has 0 saturated carbocycles. The summed E-state index contributed by atoms with van der Waals surface area (Å²) in [5.41, 5.74) is 3.18. The summed E-state index contributed by atoms with van der Waals surface area (Å²) in [7, 11) is 1.74. The Morgan fingerprint density at radius 2 is 1.91 bits per heavy atom. The van der Waals surface area contributed by atoms with Crippen LogP contribution in [0.25, 0.3) is 0 Å². The molecule has 1 N–H and O–H groups in total. The number of carbonyl (C=O) groups excluding carboxylic acids is 1. The van der Waals surface area contributed by atoms with Crippen molar-refractivity contribution in [1.29, 1.82) is 0 Å². The summed E-state index contributed by atoms with van der Waals surface area (Å²) in [5, 5.41) is 15.7. The third-order valence-electron chi connectivity index (χ3n) is 6.38. The Morgan fingerprint density at radius 3 is 2.59 bits per heavy atom. The van der Waals surface area contributed by atoms with E-state index in [2.05, 4.69) is 5.10 Å². The number of rotatable bonds is 7. The standard InChI is InChI=1S/C26H31N3O5/c1-3-23-21(16-25(30)31)14-20-15-22(8-9-24(20)34-23)28(2)26(32)19-6-4-18(5-7-19)17-27-29-10-12-33-13-11-29/h4-9,15,17,21,23H,3,10-14,16H2,1-2H3,(H,30,31). The molecule has 180 valence electrons. The second-order valence-corrected chi connectivity index (χ2v) is 8.72. The zero-order valence-corrected chi connectivity index (χ0v) is 19.6. The van der Waals surface area contributed by atoms with Crippen molar-refractivity contribution in [3.63, 3.8) is 0 Å². The molecule has 2 aromatic carbocycles. The number of aliphatic carboxylic acids is 1. The zero-order chi connectivity index (χ0) is 24.1. The predicted molar refractivity (Wildman–Crippen MR) is 130 cm³/mol. The van der Waals surface area contributed by atoms with Gasteiger partial charge in [0.25, 0.3) is 5.91 Å². The van der Waals surface area contributed by atoms with Crippen LogP contribution in [0.4, 0.5) is 5.69 Å². The quantitative estimate of drug-likeness (QED) is 0.630. The lowest BCUT2D eigenvalue weighted by Gasteiger charge is -2.33. The molecule has 0 radical (unpaired) electrons. The first kappa shape index (κ1) is 23.8. The van der Waals surface area contributed by atoms with E-state index in [1.165, 1.54) is 0 Å². The van der Waals surface area contributed by atoms with Gasteiger partial charge in [0.2, 0.25) is 0 Å². The molecular formula is C26H31N3O5. The van der Waals surface area contributed by atoms with Gasteiger partial charge in [-0.15, -0.1) is 0 Å². The van der Waals surface area contributed by atoms with Crippen LogP contribution in [0.3, 0.4) is 0 Å². The molecule has 2 aromatic rings. The molecule has 0 aliphatic carbocycles.